The molecule has 1 atom stereocenters. The van der Waals surface area contributed by atoms with Gasteiger partial charge in [0, 0.05) is 25.8 Å². The Morgan fingerprint density at radius 2 is 2.35 bits per heavy atom. The third-order valence-corrected chi connectivity index (χ3v) is 3.26. The third kappa shape index (κ3) is 1.92. The summed E-state index contributed by atoms with van der Waals surface area (Å²) in [5, 5.41) is 8.01. The van der Waals surface area contributed by atoms with Gasteiger partial charge in [-0.15, -0.1) is 5.10 Å². The van der Waals surface area contributed by atoms with Crippen LogP contribution in [-0.2, 0) is 0 Å². The van der Waals surface area contributed by atoms with Gasteiger partial charge in [-0.2, -0.15) is 0 Å². The number of aryl methyl sites for hydroxylation is 1. The molecule has 5 heteroatoms. The van der Waals surface area contributed by atoms with E-state index < -0.39 is 0 Å². The zero-order chi connectivity index (χ0) is 11.8. The summed E-state index contributed by atoms with van der Waals surface area (Å²) < 4.78 is 1.86. The van der Waals surface area contributed by atoms with Crippen molar-refractivity contribution in [3.05, 3.63) is 29.7 Å². The standard InChI is InChI=1S/C12H17N5/c1-9-4-3-6-17-12(9)14-11(15-17)10-8-16(2)7-5-13-10/h3-4,6,10,13H,5,7-8H2,1-2H3. The molecule has 2 aromatic heterocycles. The molecule has 2 aromatic rings. The Bertz CT molecular complexity index is 533. The van der Waals surface area contributed by atoms with E-state index in [2.05, 4.69) is 40.3 Å². The molecule has 0 aromatic carbocycles. The molecule has 3 heterocycles. The first-order valence-electron chi connectivity index (χ1n) is 5.98. The molecule has 0 radical (unpaired) electrons. The number of fused-ring (bicyclic) bond motifs is 1. The minimum Gasteiger partial charge on any atom is -0.305 e. The van der Waals surface area contributed by atoms with Crippen LogP contribution in [0.1, 0.15) is 17.4 Å². The van der Waals surface area contributed by atoms with Crippen LogP contribution in [0.15, 0.2) is 18.3 Å². The molecule has 1 aliphatic rings. The molecule has 1 N–H and O–H groups in total. The summed E-state index contributed by atoms with van der Waals surface area (Å²) in [6, 6.07) is 4.31. The van der Waals surface area contributed by atoms with Gasteiger partial charge in [0.1, 0.15) is 0 Å². The topological polar surface area (TPSA) is 45.5 Å². The van der Waals surface area contributed by atoms with Crippen molar-refractivity contribution in [1.82, 2.24) is 24.8 Å². The monoisotopic (exact) mass is 231 g/mol. The minimum absolute atomic E-state index is 0.244. The Labute approximate surface area is 100 Å². The number of hydrogen-bond donors (Lipinski definition) is 1. The molecule has 90 valence electrons. The van der Waals surface area contributed by atoms with Gasteiger partial charge in [0.25, 0.3) is 0 Å². The Morgan fingerprint density at radius 1 is 1.47 bits per heavy atom. The second-order valence-corrected chi connectivity index (χ2v) is 4.70. The van der Waals surface area contributed by atoms with E-state index in [0.29, 0.717) is 0 Å². The third-order valence-electron chi connectivity index (χ3n) is 3.26. The molecule has 1 fully saturated rings. The highest BCUT2D eigenvalue weighted by atomic mass is 15.3. The molecule has 1 aliphatic heterocycles. The van der Waals surface area contributed by atoms with E-state index in [0.717, 1.165) is 36.7 Å². The highest BCUT2D eigenvalue weighted by Gasteiger charge is 2.22. The summed E-state index contributed by atoms with van der Waals surface area (Å²) in [5.74, 6) is 0.894. The average molecular weight is 231 g/mol. The second-order valence-electron chi connectivity index (χ2n) is 4.70. The fourth-order valence-electron chi connectivity index (χ4n) is 2.27. The molecule has 0 amide bonds. The predicted octanol–water partition coefficient (Wildman–Crippen LogP) is 0.614. The molecule has 0 spiro atoms. The van der Waals surface area contributed by atoms with E-state index in [1.54, 1.807) is 0 Å². The lowest BCUT2D eigenvalue weighted by Crippen LogP contribution is -2.44. The lowest BCUT2D eigenvalue weighted by molar-refractivity contribution is 0.235. The van der Waals surface area contributed by atoms with E-state index in [4.69, 9.17) is 0 Å². The Morgan fingerprint density at radius 3 is 3.12 bits per heavy atom. The van der Waals surface area contributed by atoms with Gasteiger partial charge >= 0.3 is 0 Å². The van der Waals surface area contributed by atoms with Crippen molar-refractivity contribution in [3.8, 4) is 0 Å². The zero-order valence-electron chi connectivity index (χ0n) is 10.2. The number of aromatic nitrogens is 3. The van der Waals surface area contributed by atoms with Gasteiger partial charge < -0.3 is 10.2 Å². The van der Waals surface area contributed by atoms with Crippen LogP contribution in [0.5, 0.6) is 0 Å². The van der Waals surface area contributed by atoms with Gasteiger partial charge in [-0.25, -0.2) is 9.50 Å². The fraction of sp³-hybridized carbons (Fsp3) is 0.500. The van der Waals surface area contributed by atoms with Crippen molar-refractivity contribution in [3.63, 3.8) is 0 Å². The Hall–Kier alpha value is -1.46. The number of pyridine rings is 1. The van der Waals surface area contributed by atoms with Crippen LogP contribution >= 0.6 is 0 Å². The molecule has 3 rings (SSSR count). The maximum Gasteiger partial charge on any atom is 0.169 e. The summed E-state index contributed by atoms with van der Waals surface area (Å²) in [6.45, 7) is 5.11. The summed E-state index contributed by atoms with van der Waals surface area (Å²) in [6.07, 6.45) is 1.95. The molecule has 0 bridgehead atoms. The fourth-order valence-corrected chi connectivity index (χ4v) is 2.27. The van der Waals surface area contributed by atoms with Crippen LogP contribution in [0.3, 0.4) is 0 Å². The Kier molecular flexibility index (Phi) is 2.57. The van der Waals surface area contributed by atoms with Crippen molar-refractivity contribution in [1.29, 1.82) is 0 Å². The molecule has 1 unspecified atom stereocenters. The number of piperazine rings is 1. The smallest absolute Gasteiger partial charge is 0.169 e. The maximum atomic E-state index is 4.63. The summed E-state index contributed by atoms with van der Waals surface area (Å²) in [5.41, 5.74) is 2.12. The molecular formula is C12H17N5. The maximum absolute atomic E-state index is 4.63. The van der Waals surface area contributed by atoms with E-state index in [-0.39, 0.29) is 6.04 Å². The SMILES string of the molecule is Cc1cccn2nc(C3CN(C)CCN3)nc12. The van der Waals surface area contributed by atoms with Crippen LogP contribution in [0.4, 0.5) is 0 Å². The number of likely N-dealkylation sites (N-methyl/N-ethyl adjacent to an activating group) is 1. The van der Waals surface area contributed by atoms with Crippen molar-refractivity contribution >= 4 is 5.65 Å². The Balaban J connectivity index is 1.97. The highest BCUT2D eigenvalue weighted by Crippen LogP contribution is 2.15. The first-order chi connectivity index (χ1) is 8.24. The number of rotatable bonds is 1. The van der Waals surface area contributed by atoms with Crippen LogP contribution in [0.2, 0.25) is 0 Å². The van der Waals surface area contributed by atoms with E-state index in [1.165, 1.54) is 0 Å². The van der Waals surface area contributed by atoms with Crippen molar-refractivity contribution in [2.75, 3.05) is 26.7 Å². The van der Waals surface area contributed by atoms with Gasteiger partial charge in [-0.1, -0.05) is 6.07 Å². The van der Waals surface area contributed by atoms with E-state index in [9.17, 15) is 0 Å². The quantitative estimate of drug-likeness (QED) is 0.781. The zero-order valence-corrected chi connectivity index (χ0v) is 10.2. The molecular weight excluding hydrogens is 214 g/mol. The van der Waals surface area contributed by atoms with Crippen molar-refractivity contribution in [2.45, 2.75) is 13.0 Å². The normalized spacial score (nSPS) is 22.1. The average Bonchev–Trinajstić information content (AvgIpc) is 2.74. The number of hydrogen-bond acceptors (Lipinski definition) is 4. The van der Waals surface area contributed by atoms with Crippen LogP contribution < -0.4 is 5.32 Å². The molecule has 5 nitrogen and oxygen atoms in total. The largest absolute Gasteiger partial charge is 0.305 e. The van der Waals surface area contributed by atoms with Crippen LogP contribution in [-0.4, -0.2) is 46.2 Å². The van der Waals surface area contributed by atoms with Gasteiger partial charge in [0.15, 0.2) is 11.5 Å². The van der Waals surface area contributed by atoms with Gasteiger partial charge in [-0.05, 0) is 25.6 Å². The summed E-state index contributed by atoms with van der Waals surface area (Å²) in [4.78, 5) is 6.94. The molecule has 0 aliphatic carbocycles. The number of nitrogens with one attached hydrogen (secondary N) is 1. The van der Waals surface area contributed by atoms with Crippen LogP contribution in [0, 0.1) is 6.92 Å². The first kappa shape index (κ1) is 10.7. The van der Waals surface area contributed by atoms with Gasteiger partial charge in [-0.3, -0.25) is 0 Å². The molecule has 0 saturated carbocycles. The summed E-state index contributed by atoms with van der Waals surface area (Å²) in [7, 11) is 2.13. The van der Waals surface area contributed by atoms with Crippen molar-refractivity contribution in [2.24, 2.45) is 0 Å². The number of nitrogens with zero attached hydrogens (tertiary/aromatic N) is 4. The molecule has 17 heavy (non-hydrogen) atoms. The highest BCUT2D eigenvalue weighted by molar-refractivity contribution is 5.46. The van der Waals surface area contributed by atoms with E-state index in [1.807, 2.05) is 16.8 Å². The lowest BCUT2D eigenvalue weighted by atomic mass is 10.2. The first-order valence-corrected chi connectivity index (χ1v) is 5.98. The van der Waals surface area contributed by atoms with Crippen molar-refractivity contribution < 1.29 is 0 Å². The lowest BCUT2D eigenvalue weighted by Gasteiger charge is -2.28. The van der Waals surface area contributed by atoms with Gasteiger partial charge in [0.05, 0.1) is 6.04 Å². The minimum atomic E-state index is 0.244. The van der Waals surface area contributed by atoms with E-state index >= 15 is 0 Å². The van der Waals surface area contributed by atoms with Gasteiger partial charge in [0.2, 0.25) is 0 Å². The predicted molar refractivity (Wildman–Crippen MR) is 66.0 cm³/mol. The van der Waals surface area contributed by atoms with Crippen LogP contribution in [0.25, 0.3) is 5.65 Å². The summed E-state index contributed by atoms with van der Waals surface area (Å²) >= 11 is 0. The second kappa shape index (κ2) is 4.09. The molecule has 1 saturated heterocycles.